The fraction of sp³-hybridized carbons (Fsp3) is 0.364. The van der Waals surface area contributed by atoms with Gasteiger partial charge >= 0.3 is 0 Å². The maximum Gasteiger partial charge on any atom is 0.126 e. The number of ether oxygens (including phenoxy) is 9. The summed E-state index contributed by atoms with van der Waals surface area (Å²) in [4.78, 5) is 0. The van der Waals surface area contributed by atoms with Crippen LogP contribution in [0.4, 0.5) is 34.1 Å². The molecule has 0 saturated heterocycles. The van der Waals surface area contributed by atoms with Gasteiger partial charge in [0.2, 0.25) is 0 Å². The summed E-state index contributed by atoms with van der Waals surface area (Å²) >= 11 is 0. The van der Waals surface area contributed by atoms with Crippen molar-refractivity contribution in [2.45, 2.75) is 97.8 Å². The minimum Gasteiger partial charge on any atom is -0.494 e. The Morgan fingerprint density at radius 3 is 0.531 bits per heavy atom. The summed E-state index contributed by atoms with van der Waals surface area (Å²) in [6.07, 6.45) is 11.8. The zero-order valence-electron chi connectivity index (χ0n) is 47.3. The molecule has 81 heavy (non-hydrogen) atoms. The molecule has 7 aromatic carbocycles. The molecule has 7 aromatic rings. The lowest BCUT2D eigenvalue weighted by molar-refractivity contribution is 0.269. The molecule has 7 rings (SSSR count). The minimum atomic E-state index is 0.598. The second-order valence-electron chi connectivity index (χ2n) is 18.8. The van der Waals surface area contributed by atoms with Crippen molar-refractivity contribution in [3.05, 3.63) is 164 Å². The molecule has 0 aliphatic heterocycles. The molecular weight excluding hydrogens is 1020 g/mol. The Morgan fingerprint density at radius 2 is 0.358 bits per heavy atom. The number of nitrogens with zero attached hydrogens (tertiary/aromatic N) is 6. The van der Waals surface area contributed by atoms with Crippen molar-refractivity contribution in [3.8, 4) is 51.7 Å². The molecule has 0 unspecified atom stereocenters. The number of rotatable bonds is 39. The highest BCUT2D eigenvalue weighted by Gasteiger charge is 2.08. The van der Waals surface area contributed by atoms with Crippen molar-refractivity contribution < 1.29 is 42.6 Å². The van der Waals surface area contributed by atoms with Gasteiger partial charge in [0.1, 0.15) is 51.7 Å². The van der Waals surface area contributed by atoms with Crippen molar-refractivity contribution in [1.29, 1.82) is 0 Å². The molecule has 15 nitrogen and oxygen atoms in total. The lowest BCUT2D eigenvalue weighted by Gasteiger charge is -2.14. The molecule has 0 fully saturated rings. The fourth-order valence-corrected chi connectivity index (χ4v) is 8.11. The Kier molecular flexibility index (Phi) is 26.7. The second-order valence-corrected chi connectivity index (χ2v) is 18.8. The third-order valence-corrected chi connectivity index (χ3v) is 12.4. The Morgan fingerprint density at radius 1 is 0.198 bits per heavy atom. The van der Waals surface area contributed by atoms with Gasteiger partial charge in [-0.05, 0) is 243 Å². The Hall–Kier alpha value is -8.46. The van der Waals surface area contributed by atoms with E-state index in [4.69, 9.17) is 42.6 Å². The molecule has 0 radical (unpaired) electrons. The molecule has 0 amide bonds. The predicted molar refractivity (Wildman–Crippen MR) is 320 cm³/mol. The van der Waals surface area contributed by atoms with Crippen molar-refractivity contribution in [2.75, 3.05) is 59.5 Å². The van der Waals surface area contributed by atoms with Crippen LogP contribution in [0.15, 0.2) is 194 Å². The average Bonchev–Trinajstić information content (AvgIpc) is 3.49. The van der Waals surface area contributed by atoms with E-state index in [-0.39, 0.29) is 0 Å². The van der Waals surface area contributed by atoms with E-state index < -0.39 is 0 Å². The normalized spacial score (nSPS) is 11.3. The number of hydrogen-bond donors (Lipinski definition) is 0. The van der Waals surface area contributed by atoms with Crippen molar-refractivity contribution in [3.63, 3.8) is 0 Å². The summed E-state index contributed by atoms with van der Waals surface area (Å²) in [5.74, 6) is 7.13. The minimum absolute atomic E-state index is 0.598. The monoisotopic (exact) mass is 1100 g/mol. The van der Waals surface area contributed by atoms with E-state index in [1.54, 1.807) is 0 Å². The summed E-state index contributed by atoms with van der Waals surface area (Å²) in [5, 5.41) is 26.0. The first kappa shape index (κ1) is 60.2. The van der Waals surface area contributed by atoms with Crippen LogP contribution in [0, 0.1) is 0 Å². The van der Waals surface area contributed by atoms with Crippen LogP contribution in [0.5, 0.6) is 51.7 Å². The highest BCUT2D eigenvalue weighted by molar-refractivity contribution is 5.47. The largest absolute Gasteiger partial charge is 0.494 e. The highest BCUT2D eigenvalue weighted by atomic mass is 16.5. The number of azo groups is 3. The van der Waals surface area contributed by atoms with Gasteiger partial charge in [0, 0.05) is 18.2 Å². The van der Waals surface area contributed by atoms with Gasteiger partial charge in [0.15, 0.2) is 0 Å². The van der Waals surface area contributed by atoms with E-state index in [0.717, 1.165) is 163 Å². The van der Waals surface area contributed by atoms with E-state index in [1.165, 1.54) is 0 Å². The Balaban J connectivity index is 0.780. The molecular formula is C66H78N6O9. The van der Waals surface area contributed by atoms with Crippen molar-refractivity contribution >= 4 is 34.1 Å². The first-order chi connectivity index (χ1) is 40.0. The third kappa shape index (κ3) is 23.8. The molecule has 15 heteroatoms. The molecule has 0 bridgehead atoms. The van der Waals surface area contributed by atoms with Crippen LogP contribution in [-0.4, -0.2) is 59.5 Å². The van der Waals surface area contributed by atoms with Gasteiger partial charge < -0.3 is 42.6 Å². The van der Waals surface area contributed by atoms with Crippen molar-refractivity contribution in [1.82, 2.24) is 0 Å². The molecule has 0 N–H and O–H groups in total. The van der Waals surface area contributed by atoms with Gasteiger partial charge in [0.05, 0.1) is 93.6 Å². The molecule has 0 aliphatic rings. The second kappa shape index (κ2) is 35.9. The van der Waals surface area contributed by atoms with E-state index in [2.05, 4.69) is 30.7 Å². The summed E-state index contributed by atoms with van der Waals surface area (Å²) in [7, 11) is 0. The zero-order chi connectivity index (χ0) is 56.2. The standard InChI is InChI=1S/C66H78N6O9/c1-4-73-58-31-19-52(20-32-58)67-70-55-25-37-61(38-26-55)76-43-13-7-10-16-46-79-64-49-65(80-47-17-11-8-14-44-77-62-39-27-56(28-40-62)71-68-53-21-33-59(34-22-53)74-5-2)51-66(50-64)81-48-18-12-9-15-45-78-63-41-29-57(30-42-63)72-69-54-23-35-60(36-24-54)75-6-3/h19-42,49-51H,4-18,43-48H2,1-3H3. The number of benzene rings is 7. The van der Waals surface area contributed by atoms with Crippen LogP contribution >= 0.6 is 0 Å². The average molecular weight is 1100 g/mol. The van der Waals surface area contributed by atoms with Crippen LogP contribution in [0.2, 0.25) is 0 Å². The summed E-state index contributed by atoms with van der Waals surface area (Å²) in [6.45, 7) is 11.5. The van der Waals surface area contributed by atoms with Gasteiger partial charge in [0.25, 0.3) is 0 Å². The van der Waals surface area contributed by atoms with E-state index in [0.29, 0.717) is 59.5 Å². The first-order valence-corrected chi connectivity index (χ1v) is 28.7. The number of hydrogen-bond acceptors (Lipinski definition) is 15. The maximum atomic E-state index is 6.28. The van der Waals surface area contributed by atoms with E-state index in [9.17, 15) is 0 Å². The molecule has 0 saturated carbocycles. The van der Waals surface area contributed by atoms with Gasteiger partial charge in [-0.3, -0.25) is 0 Å². The number of unbranched alkanes of at least 4 members (excludes halogenated alkanes) is 9. The van der Waals surface area contributed by atoms with Crippen LogP contribution in [0.1, 0.15) is 97.8 Å². The molecule has 0 atom stereocenters. The zero-order valence-corrected chi connectivity index (χ0v) is 47.3. The van der Waals surface area contributed by atoms with Crippen LogP contribution in [-0.2, 0) is 0 Å². The molecule has 0 aliphatic carbocycles. The molecule has 0 aromatic heterocycles. The SMILES string of the molecule is CCOc1ccc(N=Nc2ccc(OCCCCCCOc3cc(OCCCCCCOc4ccc(N=Nc5ccc(OCC)cc5)cc4)cc(OCCCCCCOc4ccc(N=Nc5ccc(OCC)cc5)cc4)c3)cc2)cc1. The molecule has 426 valence electrons. The lowest BCUT2D eigenvalue weighted by Crippen LogP contribution is -2.03. The summed E-state index contributed by atoms with van der Waals surface area (Å²) in [5.41, 5.74) is 4.58. The molecule has 0 heterocycles. The summed E-state index contributed by atoms with van der Waals surface area (Å²) in [6, 6.07) is 51.6. The Labute approximate surface area is 478 Å². The van der Waals surface area contributed by atoms with Crippen molar-refractivity contribution in [2.24, 2.45) is 30.7 Å². The smallest absolute Gasteiger partial charge is 0.126 e. The fourth-order valence-electron chi connectivity index (χ4n) is 8.11. The molecule has 0 spiro atoms. The van der Waals surface area contributed by atoms with Gasteiger partial charge in [-0.15, -0.1) is 0 Å². The van der Waals surface area contributed by atoms with Gasteiger partial charge in [-0.1, -0.05) is 0 Å². The van der Waals surface area contributed by atoms with Crippen LogP contribution in [0.25, 0.3) is 0 Å². The first-order valence-electron chi connectivity index (χ1n) is 28.7. The highest BCUT2D eigenvalue weighted by Crippen LogP contribution is 2.30. The van der Waals surface area contributed by atoms with Gasteiger partial charge in [-0.25, -0.2) is 0 Å². The lowest BCUT2D eigenvalue weighted by atomic mass is 10.2. The van der Waals surface area contributed by atoms with E-state index in [1.807, 2.05) is 185 Å². The van der Waals surface area contributed by atoms with Crippen LogP contribution < -0.4 is 42.6 Å². The van der Waals surface area contributed by atoms with Crippen LogP contribution in [0.3, 0.4) is 0 Å². The topological polar surface area (TPSA) is 157 Å². The summed E-state index contributed by atoms with van der Waals surface area (Å²) < 4.78 is 53.4. The third-order valence-electron chi connectivity index (χ3n) is 12.4. The Bertz CT molecular complexity index is 2570. The predicted octanol–water partition coefficient (Wildman–Crippen LogP) is 19.2. The quantitative estimate of drug-likeness (QED) is 0.0270. The van der Waals surface area contributed by atoms with E-state index >= 15 is 0 Å². The maximum absolute atomic E-state index is 6.28. The van der Waals surface area contributed by atoms with Gasteiger partial charge in [-0.2, -0.15) is 30.7 Å².